The maximum absolute atomic E-state index is 12.4. The zero-order valence-corrected chi connectivity index (χ0v) is 11.4. The van der Waals surface area contributed by atoms with E-state index in [9.17, 15) is 4.79 Å². The van der Waals surface area contributed by atoms with Crippen LogP contribution in [0.2, 0.25) is 0 Å². The van der Waals surface area contributed by atoms with Gasteiger partial charge in [0.15, 0.2) is 0 Å². The first-order valence-corrected chi connectivity index (χ1v) is 7.13. The molecule has 4 unspecified atom stereocenters. The predicted octanol–water partition coefficient (Wildman–Crippen LogP) is 0.474. The van der Waals surface area contributed by atoms with Gasteiger partial charge >= 0.3 is 0 Å². The summed E-state index contributed by atoms with van der Waals surface area (Å²) in [6.07, 6.45) is 4.31. The highest BCUT2D eigenvalue weighted by Gasteiger charge is 2.52. The third-order valence-electron chi connectivity index (χ3n) is 4.48. The molecule has 1 saturated heterocycles. The summed E-state index contributed by atoms with van der Waals surface area (Å²) in [5.41, 5.74) is 8.15. The number of nitrogens with two attached hydrogens (primary N) is 1. The van der Waals surface area contributed by atoms with Crippen molar-refractivity contribution < 1.29 is 9.53 Å². The number of nitrogens with zero attached hydrogens (tertiary/aromatic N) is 2. The number of benzene rings is 1. The molecule has 1 aromatic carbocycles. The lowest BCUT2D eigenvalue weighted by molar-refractivity contribution is -0.0161. The molecule has 1 aromatic heterocycles. The molecule has 2 heterocycles. The van der Waals surface area contributed by atoms with E-state index in [1.165, 1.54) is 0 Å². The van der Waals surface area contributed by atoms with Gasteiger partial charge in [-0.15, -0.1) is 0 Å². The SMILES string of the molecule is NC1C2CCOC2C1NC(=O)c1ccc2nccnc2c1. The molecule has 0 spiro atoms. The van der Waals surface area contributed by atoms with Crippen molar-refractivity contribution in [1.29, 1.82) is 0 Å². The van der Waals surface area contributed by atoms with E-state index in [0.29, 0.717) is 17.0 Å². The predicted molar refractivity (Wildman–Crippen MR) is 76.6 cm³/mol. The lowest BCUT2D eigenvalue weighted by atomic mass is 9.72. The molecule has 2 aliphatic rings. The second kappa shape index (κ2) is 4.75. The summed E-state index contributed by atoms with van der Waals surface area (Å²) in [6, 6.07) is 5.19. The highest BCUT2D eigenvalue weighted by molar-refractivity contribution is 5.97. The maximum atomic E-state index is 12.4. The van der Waals surface area contributed by atoms with Crippen LogP contribution < -0.4 is 11.1 Å². The minimum Gasteiger partial charge on any atom is -0.376 e. The van der Waals surface area contributed by atoms with E-state index >= 15 is 0 Å². The summed E-state index contributed by atoms with van der Waals surface area (Å²) in [6.45, 7) is 0.737. The molecule has 1 amide bonds. The molecule has 6 nitrogen and oxygen atoms in total. The van der Waals surface area contributed by atoms with E-state index in [2.05, 4.69) is 15.3 Å². The fourth-order valence-electron chi connectivity index (χ4n) is 3.27. The Morgan fingerprint density at radius 2 is 2.10 bits per heavy atom. The second-order valence-electron chi connectivity index (χ2n) is 5.62. The van der Waals surface area contributed by atoms with E-state index in [1.54, 1.807) is 30.6 Å². The highest BCUT2D eigenvalue weighted by atomic mass is 16.5. The smallest absolute Gasteiger partial charge is 0.251 e. The first kappa shape index (κ1) is 12.7. The van der Waals surface area contributed by atoms with Crippen LogP contribution in [0, 0.1) is 5.92 Å². The minimum absolute atomic E-state index is 0.0123. The third kappa shape index (κ3) is 1.99. The van der Waals surface area contributed by atoms with Crippen LogP contribution in [0.1, 0.15) is 16.8 Å². The van der Waals surface area contributed by atoms with E-state index in [-0.39, 0.29) is 24.1 Å². The van der Waals surface area contributed by atoms with Gasteiger partial charge in [-0.2, -0.15) is 0 Å². The van der Waals surface area contributed by atoms with Gasteiger partial charge in [0.25, 0.3) is 5.91 Å². The topological polar surface area (TPSA) is 90.1 Å². The normalized spacial score (nSPS) is 30.7. The van der Waals surface area contributed by atoms with Crippen LogP contribution in [0.4, 0.5) is 0 Å². The highest BCUT2D eigenvalue weighted by Crippen LogP contribution is 2.37. The molecular weight excluding hydrogens is 268 g/mol. The van der Waals surface area contributed by atoms with Gasteiger partial charge in [0.2, 0.25) is 0 Å². The van der Waals surface area contributed by atoms with Crippen molar-refractivity contribution in [3.05, 3.63) is 36.2 Å². The number of hydrogen-bond donors (Lipinski definition) is 2. The summed E-state index contributed by atoms with van der Waals surface area (Å²) in [4.78, 5) is 20.8. The van der Waals surface area contributed by atoms with Crippen molar-refractivity contribution in [2.75, 3.05) is 6.61 Å². The molecule has 21 heavy (non-hydrogen) atoms. The van der Waals surface area contributed by atoms with Crippen LogP contribution in [0.5, 0.6) is 0 Å². The molecule has 1 saturated carbocycles. The van der Waals surface area contributed by atoms with Gasteiger partial charge in [-0.3, -0.25) is 14.8 Å². The van der Waals surface area contributed by atoms with Crippen molar-refractivity contribution in [2.45, 2.75) is 24.6 Å². The molecular formula is C15H16N4O2. The first-order valence-electron chi connectivity index (χ1n) is 7.13. The molecule has 4 rings (SSSR count). The van der Waals surface area contributed by atoms with E-state index in [1.807, 2.05) is 0 Å². The monoisotopic (exact) mass is 284 g/mol. The number of hydrogen-bond acceptors (Lipinski definition) is 5. The van der Waals surface area contributed by atoms with Crippen molar-refractivity contribution in [2.24, 2.45) is 11.7 Å². The number of carbonyl (C=O) groups excluding carboxylic acids is 1. The Bertz CT molecular complexity index is 705. The van der Waals surface area contributed by atoms with E-state index in [0.717, 1.165) is 18.5 Å². The molecule has 1 aliphatic carbocycles. The minimum atomic E-state index is -0.142. The Hall–Kier alpha value is -2.05. The van der Waals surface area contributed by atoms with Gasteiger partial charge < -0.3 is 15.8 Å². The van der Waals surface area contributed by atoms with Crippen LogP contribution in [0.15, 0.2) is 30.6 Å². The van der Waals surface area contributed by atoms with Crippen LogP contribution >= 0.6 is 0 Å². The number of aromatic nitrogens is 2. The summed E-state index contributed by atoms with van der Waals surface area (Å²) in [5.74, 6) is 0.245. The summed E-state index contributed by atoms with van der Waals surface area (Å²) >= 11 is 0. The fourth-order valence-corrected chi connectivity index (χ4v) is 3.27. The standard InChI is InChI=1S/C15H16N4O2/c16-12-9-3-6-21-14(9)13(12)19-15(20)8-1-2-10-11(7-8)18-5-4-17-10/h1-2,4-5,7,9,12-14H,3,6,16H2,(H,19,20). The van der Waals surface area contributed by atoms with Crippen LogP contribution in [0.3, 0.4) is 0 Å². The Labute approximate surface area is 121 Å². The Morgan fingerprint density at radius 3 is 2.95 bits per heavy atom. The molecule has 2 aromatic rings. The van der Waals surface area contributed by atoms with Crippen molar-refractivity contribution >= 4 is 16.9 Å². The average molecular weight is 284 g/mol. The number of amides is 1. The number of ether oxygens (including phenoxy) is 1. The Morgan fingerprint density at radius 1 is 1.29 bits per heavy atom. The largest absolute Gasteiger partial charge is 0.376 e. The molecule has 4 atom stereocenters. The van der Waals surface area contributed by atoms with E-state index in [4.69, 9.17) is 10.5 Å². The zero-order valence-electron chi connectivity index (χ0n) is 11.4. The van der Waals surface area contributed by atoms with Gasteiger partial charge in [0.1, 0.15) is 0 Å². The van der Waals surface area contributed by atoms with Gasteiger partial charge in [-0.05, 0) is 24.6 Å². The molecule has 108 valence electrons. The quantitative estimate of drug-likeness (QED) is 0.837. The Balaban J connectivity index is 1.53. The molecule has 1 aliphatic heterocycles. The van der Waals surface area contributed by atoms with Crippen molar-refractivity contribution in [3.63, 3.8) is 0 Å². The number of nitrogens with one attached hydrogen (secondary N) is 1. The third-order valence-corrected chi connectivity index (χ3v) is 4.48. The molecule has 3 N–H and O–H groups in total. The molecule has 0 bridgehead atoms. The molecule has 2 fully saturated rings. The number of rotatable bonds is 2. The summed E-state index contributed by atoms with van der Waals surface area (Å²) < 4.78 is 5.62. The summed E-state index contributed by atoms with van der Waals surface area (Å²) in [5, 5.41) is 2.98. The Kier molecular flexibility index (Phi) is 2.87. The van der Waals surface area contributed by atoms with Crippen LogP contribution in [-0.2, 0) is 4.74 Å². The molecule has 6 heteroatoms. The van der Waals surface area contributed by atoms with Crippen molar-refractivity contribution in [3.8, 4) is 0 Å². The molecule has 0 radical (unpaired) electrons. The van der Waals surface area contributed by atoms with Crippen molar-refractivity contribution in [1.82, 2.24) is 15.3 Å². The fraction of sp³-hybridized carbons (Fsp3) is 0.400. The van der Waals surface area contributed by atoms with Gasteiger partial charge in [0.05, 0.1) is 23.2 Å². The van der Waals surface area contributed by atoms with E-state index < -0.39 is 0 Å². The van der Waals surface area contributed by atoms with Gasteiger partial charge in [-0.1, -0.05) is 0 Å². The number of carbonyl (C=O) groups is 1. The lowest BCUT2D eigenvalue weighted by Gasteiger charge is -2.45. The zero-order chi connectivity index (χ0) is 14.4. The summed E-state index contributed by atoms with van der Waals surface area (Å²) in [7, 11) is 0. The maximum Gasteiger partial charge on any atom is 0.251 e. The van der Waals surface area contributed by atoms with Gasteiger partial charge in [0, 0.05) is 36.5 Å². The van der Waals surface area contributed by atoms with Gasteiger partial charge in [-0.25, -0.2) is 0 Å². The lowest BCUT2D eigenvalue weighted by Crippen LogP contribution is -2.68. The van der Waals surface area contributed by atoms with Crippen LogP contribution in [0.25, 0.3) is 11.0 Å². The second-order valence-corrected chi connectivity index (χ2v) is 5.62. The van der Waals surface area contributed by atoms with Crippen LogP contribution in [-0.4, -0.2) is 40.7 Å². The first-order chi connectivity index (χ1) is 10.2. The average Bonchev–Trinajstić information content (AvgIpc) is 2.96. The number of fused-ring (bicyclic) bond motifs is 2.